The van der Waals surface area contributed by atoms with Gasteiger partial charge in [0.15, 0.2) is 0 Å². The van der Waals surface area contributed by atoms with Gasteiger partial charge in [-0.3, -0.25) is 4.79 Å². The van der Waals surface area contributed by atoms with Crippen LogP contribution in [0, 0.1) is 5.41 Å². The number of aromatic nitrogens is 2. The van der Waals surface area contributed by atoms with Crippen LogP contribution in [-0.2, 0) is 24.3 Å². The SMILES string of the molecule is [2H]C([2H])([2H])n1cc(-c2cc(CCN[SH](=O)=O)ccc2C2CC3(CCN2)CC3)c2cc[nH]c2c1=O. The van der Waals surface area contributed by atoms with E-state index in [-0.39, 0.29) is 18.1 Å². The fourth-order valence-electron chi connectivity index (χ4n) is 4.92. The Kier molecular flexibility index (Phi) is 4.39. The molecule has 1 aliphatic carbocycles. The molecule has 1 unspecified atom stereocenters. The Bertz CT molecular complexity index is 1360. The molecule has 0 bridgehead atoms. The summed E-state index contributed by atoms with van der Waals surface area (Å²) in [6.07, 6.45) is 8.25. The summed E-state index contributed by atoms with van der Waals surface area (Å²) in [5, 5.41) is 4.31. The zero-order chi connectivity index (χ0) is 24.1. The van der Waals surface area contributed by atoms with Gasteiger partial charge in [0.1, 0.15) is 5.52 Å². The van der Waals surface area contributed by atoms with Gasteiger partial charge in [-0.2, -0.15) is 0 Å². The third-order valence-corrected chi connectivity index (χ3v) is 7.29. The molecule has 1 aromatic carbocycles. The molecule has 31 heavy (non-hydrogen) atoms. The Morgan fingerprint density at radius 2 is 2.13 bits per heavy atom. The first-order valence-corrected chi connectivity index (χ1v) is 11.8. The molecule has 1 saturated carbocycles. The van der Waals surface area contributed by atoms with Crippen molar-refractivity contribution in [3.8, 4) is 11.1 Å². The molecule has 1 spiro atoms. The lowest BCUT2D eigenvalue weighted by Crippen LogP contribution is -2.33. The van der Waals surface area contributed by atoms with Crippen molar-refractivity contribution in [1.82, 2.24) is 19.6 Å². The Hall–Kier alpha value is -2.42. The van der Waals surface area contributed by atoms with Crippen LogP contribution in [0.1, 0.15) is 47.0 Å². The summed E-state index contributed by atoms with van der Waals surface area (Å²) in [4.78, 5) is 15.8. The van der Waals surface area contributed by atoms with E-state index in [1.54, 1.807) is 12.3 Å². The number of aromatic amines is 1. The number of benzene rings is 1. The van der Waals surface area contributed by atoms with Crippen molar-refractivity contribution in [3.63, 3.8) is 0 Å². The van der Waals surface area contributed by atoms with Crippen LogP contribution in [0.25, 0.3) is 22.0 Å². The number of piperidine rings is 1. The van der Waals surface area contributed by atoms with E-state index in [0.717, 1.165) is 34.2 Å². The standard InChI is InChI=1S/C23H28N4O3S/c1-27-14-19(17-5-9-25-21(17)22(27)28)18-12-15(4-10-26-31(29)30)2-3-16(18)20-13-23(6-7-23)8-11-24-20/h2-3,5,9,12,14,20,24-25,31H,4,6-8,10-11,13H2,1H3,(H,26,29,30)/i1D3. The molecule has 164 valence electrons. The number of thiol groups is 1. The molecule has 1 atom stereocenters. The van der Waals surface area contributed by atoms with Crippen molar-refractivity contribution in [2.24, 2.45) is 12.4 Å². The van der Waals surface area contributed by atoms with Gasteiger partial charge in [0.25, 0.3) is 5.56 Å². The van der Waals surface area contributed by atoms with E-state index in [9.17, 15) is 13.2 Å². The van der Waals surface area contributed by atoms with Crippen LogP contribution in [0.2, 0.25) is 0 Å². The number of rotatable bonds is 6. The van der Waals surface area contributed by atoms with Crippen LogP contribution >= 0.6 is 0 Å². The summed E-state index contributed by atoms with van der Waals surface area (Å²) in [5.74, 6) is 0. The summed E-state index contributed by atoms with van der Waals surface area (Å²) in [6, 6.07) is 7.98. The van der Waals surface area contributed by atoms with Gasteiger partial charge in [-0.15, -0.1) is 0 Å². The lowest BCUT2D eigenvalue weighted by molar-refractivity contribution is 0.286. The minimum Gasteiger partial charge on any atom is -0.357 e. The van der Waals surface area contributed by atoms with E-state index >= 15 is 0 Å². The second-order valence-electron chi connectivity index (χ2n) is 8.78. The van der Waals surface area contributed by atoms with Crippen molar-refractivity contribution >= 4 is 21.8 Å². The monoisotopic (exact) mass is 443 g/mol. The highest BCUT2D eigenvalue weighted by Crippen LogP contribution is 2.56. The topological polar surface area (TPSA) is 96.0 Å². The number of hydrogen-bond donors (Lipinski definition) is 4. The van der Waals surface area contributed by atoms with Crippen molar-refractivity contribution in [3.05, 3.63) is 58.1 Å². The minimum atomic E-state index is -2.67. The molecular formula is C23H28N4O3S. The maximum atomic E-state index is 12.9. The Balaban J connectivity index is 1.66. The van der Waals surface area contributed by atoms with Gasteiger partial charge < -0.3 is 14.9 Å². The first kappa shape index (κ1) is 17.2. The highest BCUT2D eigenvalue weighted by atomic mass is 32.2. The number of aryl methyl sites for hydroxylation is 1. The quantitative estimate of drug-likeness (QED) is 0.440. The van der Waals surface area contributed by atoms with Gasteiger partial charge in [0.2, 0.25) is 10.9 Å². The molecule has 3 heterocycles. The Morgan fingerprint density at radius 3 is 2.90 bits per heavy atom. The molecule has 8 heteroatoms. The maximum Gasteiger partial charge on any atom is 0.274 e. The highest BCUT2D eigenvalue weighted by molar-refractivity contribution is 7.70. The van der Waals surface area contributed by atoms with Crippen molar-refractivity contribution in [1.29, 1.82) is 0 Å². The summed E-state index contributed by atoms with van der Waals surface area (Å²) < 4.78 is 48.7. The number of hydrogen-bond acceptors (Lipinski definition) is 4. The number of nitrogens with one attached hydrogen (secondary N) is 3. The first-order valence-electron chi connectivity index (χ1n) is 12.1. The largest absolute Gasteiger partial charge is 0.357 e. The molecule has 0 radical (unpaired) electrons. The molecule has 1 aliphatic heterocycles. The van der Waals surface area contributed by atoms with Gasteiger partial charge >= 0.3 is 0 Å². The Labute approximate surface area is 187 Å². The summed E-state index contributed by atoms with van der Waals surface area (Å²) in [5.41, 5.74) is 3.59. The molecule has 2 fully saturated rings. The third-order valence-electron chi connectivity index (χ3n) is 6.81. The van der Waals surface area contributed by atoms with Crippen molar-refractivity contribution < 1.29 is 12.5 Å². The van der Waals surface area contributed by atoms with Crippen LogP contribution in [0.5, 0.6) is 0 Å². The van der Waals surface area contributed by atoms with E-state index in [2.05, 4.69) is 21.1 Å². The highest BCUT2D eigenvalue weighted by Gasteiger charge is 2.46. The first-order chi connectivity index (χ1) is 16.2. The van der Waals surface area contributed by atoms with Crippen LogP contribution in [0.4, 0.5) is 0 Å². The summed E-state index contributed by atoms with van der Waals surface area (Å²) in [6.45, 7) is -1.41. The van der Waals surface area contributed by atoms with E-state index in [1.165, 1.54) is 25.5 Å². The number of nitrogens with zero attached hydrogens (tertiary/aromatic N) is 1. The maximum absolute atomic E-state index is 12.9. The molecule has 1 saturated heterocycles. The predicted molar refractivity (Wildman–Crippen MR) is 123 cm³/mol. The molecular weight excluding hydrogens is 412 g/mol. The molecule has 2 aliphatic rings. The average Bonchev–Trinajstić information content (AvgIpc) is 3.31. The molecule has 3 aromatic rings. The number of fused-ring (bicyclic) bond motifs is 1. The minimum absolute atomic E-state index is 0.122. The van der Waals surface area contributed by atoms with Crippen LogP contribution in [-0.4, -0.2) is 31.1 Å². The molecule has 5 rings (SSSR count). The van der Waals surface area contributed by atoms with Gasteiger partial charge in [0.05, 0.1) is 0 Å². The fourth-order valence-corrected chi connectivity index (χ4v) is 5.21. The van der Waals surface area contributed by atoms with E-state index in [1.807, 2.05) is 12.1 Å². The van der Waals surface area contributed by atoms with E-state index in [0.29, 0.717) is 22.8 Å². The summed E-state index contributed by atoms with van der Waals surface area (Å²) >= 11 is 0. The second-order valence-corrected chi connectivity index (χ2v) is 9.61. The van der Waals surface area contributed by atoms with Crippen LogP contribution < -0.4 is 15.6 Å². The lowest BCUT2D eigenvalue weighted by Gasteiger charge is -2.32. The summed E-state index contributed by atoms with van der Waals surface area (Å²) in [7, 11) is -2.67. The van der Waals surface area contributed by atoms with Gasteiger partial charge in [-0.25, -0.2) is 13.1 Å². The molecule has 2 aromatic heterocycles. The second kappa shape index (κ2) is 7.93. The third kappa shape index (κ3) is 3.95. The Morgan fingerprint density at radius 1 is 1.26 bits per heavy atom. The smallest absolute Gasteiger partial charge is 0.274 e. The molecule has 0 amide bonds. The van der Waals surface area contributed by atoms with Crippen molar-refractivity contribution in [2.75, 3.05) is 13.1 Å². The normalized spacial score (nSPS) is 21.8. The van der Waals surface area contributed by atoms with E-state index in [4.69, 9.17) is 4.11 Å². The zero-order valence-electron chi connectivity index (χ0n) is 20.1. The zero-order valence-corrected chi connectivity index (χ0v) is 18.0. The number of pyridine rings is 1. The lowest BCUT2D eigenvalue weighted by atomic mass is 9.82. The average molecular weight is 444 g/mol. The van der Waals surface area contributed by atoms with Crippen LogP contribution in [0.3, 0.4) is 0 Å². The fraction of sp³-hybridized carbons (Fsp3) is 0.435. The number of H-pyrrole nitrogens is 1. The van der Waals surface area contributed by atoms with E-state index < -0.39 is 23.4 Å². The van der Waals surface area contributed by atoms with Gasteiger partial charge in [0, 0.05) is 47.0 Å². The van der Waals surface area contributed by atoms with Crippen LogP contribution in [0.15, 0.2) is 41.5 Å². The van der Waals surface area contributed by atoms with Gasteiger partial charge in [-0.1, -0.05) is 18.2 Å². The molecule has 7 nitrogen and oxygen atoms in total. The van der Waals surface area contributed by atoms with Gasteiger partial charge in [-0.05, 0) is 66.8 Å². The molecule has 3 N–H and O–H groups in total. The van der Waals surface area contributed by atoms with Crippen molar-refractivity contribution in [2.45, 2.75) is 38.1 Å². The predicted octanol–water partition coefficient (Wildman–Crippen LogP) is 2.40.